The Morgan fingerprint density at radius 2 is 0.893 bits per heavy atom. The molecule has 0 aliphatic heterocycles. The zero-order valence-corrected chi connectivity index (χ0v) is 31.2. The van der Waals surface area contributed by atoms with E-state index in [-0.39, 0.29) is 0 Å². The van der Waals surface area contributed by atoms with Crippen LogP contribution in [0.2, 0.25) is 0 Å². The van der Waals surface area contributed by atoms with E-state index in [2.05, 4.69) is 200 Å². The zero-order valence-electron chi connectivity index (χ0n) is 30.4. The van der Waals surface area contributed by atoms with Gasteiger partial charge in [-0.1, -0.05) is 194 Å². The molecule has 2 aromatic heterocycles. The summed E-state index contributed by atoms with van der Waals surface area (Å²) in [4.78, 5) is 10.7. The third-order valence-electron chi connectivity index (χ3n) is 11.4. The summed E-state index contributed by atoms with van der Waals surface area (Å²) in [6, 6.07) is 74.4. The Labute approximate surface area is 330 Å². The lowest BCUT2D eigenvalue weighted by Crippen LogP contribution is -2.28. The normalized spacial score (nSPS) is 12.8. The van der Waals surface area contributed by atoms with E-state index in [1.165, 1.54) is 59.1 Å². The molecule has 0 atom stereocenters. The predicted molar refractivity (Wildman–Crippen MR) is 234 cm³/mol. The van der Waals surface area contributed by atoms with Gasteiger partial charge in [-0.25, -0.2) is 9.97 Å². The van der Waals surface area contributed by atoms with Crippen LogP contribution in [-0.4, -0.2) is 9.97 Å². The smallest absolute Gasteiger partial charge is 0.160 e. The minimum absolute atomic E-state index is 0.481. The molecule has 0 bridgehead atoms. The molecule has 11 rings (SSSR count). The van der Waals surface area contributed by atoms with E-state index in [1.54, 1.807) is 0 Å². The van der Waals surface area contributed by atoms with Gasteiger partial charge in [0.25, 0.3) is 0 Å². The molecule has 2 nitrogen and oxygen atoms in total. The van der Waals surface area contributed by atoms with Crippen LogP contribution in [0.5, 0.6) is 0 Å². The summed E-state index contributed by atoms with van der Waals surface area (Å²) in [5.41, 5.74) is 14.4. The van der Waals surface area contributed by atoms with E-state index in [0.29, 0.717) is 5.82 Å². The first-order chi connectivity index (χ1) is 27.8. The topological polar surface area (TPSA) is 25.8 Å². The summed E-state index contributed by atoms with van der Waals surface area (Å²) in [6.07, 6.45) is 0. The minimum Gasteiger partial charge on any atom is -0.228 e. The first-order valence-electron chi connectivity index (χ1n) is 19.1. The molecule has 10 aromatic rings. The third kappa shape index (κ3) is 4.95. The Bertz CT molecular complexity index is 3040. The van der Waals surface area contributed by atoms with Gasteiger partial charge in [0.15, 0.2) is 5.82 Å². The second-order valence-corrected chi connectivity index (χ2v) is 15.5. The van der Waals surface area contributed by atoms with Crippen molar-refractivity contribution in [1.82, 2.24) is 9.97 Å². The average Bonchev–Trinajstić information content (AvgIpc) is 3.81. The van der Waals surface area contributed by atoms with Gasteiger partial charge in [0.05, 0.1) is 16.8 Å². The van der Waals surface area contributed by atoms with Crippen molar-refractivity contribution in [1.29, 1.82) is 0 Å². The summed E-state index contributed by atoms with van der Waals surface area (Å²) in [7, 11) is 0. The van der Waals surface area contributed by atoms with Crippen molar-refractivity contribution in [3.8, 4) is 56.2 Å². The molecule has 0 unspecified atom stereocenters. The van der Waals surface area contributed by atoms with Gasteiger partial charge in [-0.05, 0) is 56.6 Å². The molecule has 8 aromatic carbocycles. The average molecular weight is 731 g/mol. The van der Waals surface area contributed by atoms with Gasteiger partial charge in [0.1, 0.15) is 0 Å². The van der Waals surface area contributed by atoms with E-state index in [1.807, 2.05) is 17.4 Å². The quantitative estimate of drug-likeness (QED) is 0.170. The van der Waals surface area contributed by atoms with Crippen LogP contribution in [0.15, 0.2) is 206 Å². The van der Waals surface area contributed by atoms with Crippen molar-refractivity contribution in [3.63, 3.8) is 0 Å². The van der Waals surface area contributed by atoms with Crippen LogP contribution in [0.3, 0.4) is 0 Å². The molecule has 1 aliphatic carbocycles. The summed E-state index contributed by atoms with van der Waals surface area (Å²) in [5.74, 6) is 0.710. The van der Waals surface area contributed by atoms with E-state index in [0.717, 1.165) is 33.6 Å². The molecule has 2 heterocycles. The van der Waals surface area contributed by atoms with Gasteiger partial charge in [-0.3, -0.25) is 0 Å². The van der Waals surface area contributed by atoms with Crippen molar-refractivity contribution in [3.05, 3.63) is 229 Å². The molecule has 56 heavy (non-hydrogen) atoms. The first kappa shape index (κ1) is 32.5. The van der Waals surface area contributed by atoms with Gasteiger partial charge >= 0.3 is 0 Å². The Morgan fingerprint density at radius 3 is 1.64 bits per heavy atom. The van der Waals surface area contributed by atoms with E-state index < -0.39 is 5.41 Å². The summed E-state index contributed by atoms with van der Waals surface area (Å²) >= 11 is 1.83. The van der Waals surface area contributed by atoms with Crippen LogP contribution in [0, 0.1) is 0 Å². The number of rotatable bonds is 6. The first-order valence-corrected chi connectivity index (χ1v) is 19.9. The molecule has 0 saturated heterocycles. The van der Waals surface area contributed by atoms with Crippen molar-refractivity contribution in [2.24, 2.45) is 0 Å². The number of thiophene rings is 1. The number of hydrogen-bond donors (Lipinski definition) is 0. The third-order valence-corrected chi connectivity index (χ3v) is 12.6. The largest absolute Gasteiger partial charge is 0.228 e. The van der Waals surface area contributed by atoms with Crippen LogP contribution in [0.1, 0.15) is 22.3 Å². The standard InChI is InChI=1S/C53H34N2S/c1-4-18-35(19-5-1)52-54-47(34-48(55-52)44-30-16-29-42-40-26-13-15-33-49(40)56-51(42)44)39-25-11-10-24-38(39)41-28-17-32-46-50(41)43-27-12-14-31-45(43)53(46,36-20-6-2-7-21-36)37-22-8-3-9-23-37/h1-34H. The second kappa shape index (κ2) is 13.1. The van der Waals surface area contributed by atoms with Crippen molar-refractivity contribution in [2.75, 3.05) is 0 Å². The van der Waals surface area contributed by atoms with Gasteiger partial charge in [-0.15, -0.1) is 11.3 Å². The van der Waals surface area contributed by atoms with Gasteiger partial charge in [-0.2, -0.15) is 0 Å². The number of fused-ring (bicyclic) bond motifs is 6. The molecule has 0 fully saturated rings. The Morgan fingerprint density at radius 1 is 0.375 bits per heavy atom. The van der Waals surface area contributed by atoms with Gasteiger partial charge in [0, 0.05) is 36.9 Å². The van der Waals surface area contributed by atoms with Crippen LogP contribution in [-0.2, 0) is 5.41 Å². The van der Waals surface area contributed by atoms with E-state index in [9.17, 15) is 0 Å². The van der Waals surface area contributed by atoms with Crippen LogP contribution in [0.25, 0.3) is 76.3 Å². The SMILES string of the molecule is c1ccc(-c2nc(-c3ccccc3-c3cccc4c3-c3ccccc3C4(c3ccccc3)c3ccccc3)cc(-c3cccc4c3sc3ccccc34)n2)cc1. The maximum atomic E-state index is 5.36. The maximum Gasteiger partial charge on any atom is 0.160 e. The monoisotopic (exact) mass is 730 g/mol. The van der Waals surface area contributed by atoms with E-state index in [4.69, 9.17) is 9.97 Å². The highest BCUT2D eigenvalue weighted by molar-refractivity contribution is 7.26. The number of nitrogens with zero attached hydrogens (tertiary/aromatic N) is 2. The highest BCUT2D eigenvalue weighted by Gasteiger charge is 2.46. The Kier molecular flexibility index (Phi) is 7.61. The Hall–Kier alpha value is -6.94. The van der Waals surface area contributed by atoms with Crippen LogP contribution < -0.4 is 0 Å². The minimum atomic E-state index is -0.481. The molecular weight excluding hydrogens is 697 g/mol. The Balaban J connectivity index is 1.17. The zero-order chi connectivity index (χ0) is 37.1. The molecule has 0 spiro atoms. The second-order valence-electron chi connectivity index (χ2n) is 14.4. The highest BCUT2D eigenvalue weighted by atomic mass is 32.1. The summed E-state index contributed by atoms with van der Waals surface area (Å²) in [6.45, 7) is 0. The number of aromatic nitrogens is 2. The van der Waals surface area contributed by atoms with Crippen LogP contribution in [0.4, 0.5) is 0 Å². The van der Waals surface area contributed by atoms with Crippen LogP contribution >= 0.6 is 11.3 Å². The lowest BCUT2D eigenvalue weighted by Gasteiger charge is -2.34. The fourth-order valence-corrected chi connectivity index (χ4v) is 10.3. The summed E-state index contributed by atoms with van der Waals surface area (Å²) in [5, 5.41) is 2.53. The number of hydrogen-bond acceptors (Lipinski definition) is 3. The molecule has 0 saturated carbocycles. The highest BCUT2D eigenvalue weighted by Crippen LogP contribution is 2.58. The van der Waals surface area contributed by atoms with Crippen molar-refractivity contribution >= 4 is 31.5 Å². The molecule has 0 N–H and O–H groups in total. The predicted octanol–water partition coefficient (Wildman–Crippen LogP) is 13.9. The lowest BCUT2D eigenvalue weighted by atomic mass is 9.67. The van der Waals surface area contributed by atoms with Gasteiger partial charge in [0.2, 0.25) is 0 Å². The molecule has 1 aliphatic rings. The molecule has 0 amide bonds. The van der Waals surface area contributed by atoms with Crippen molar-refractivity contribution in [2.45, 2.75) is 5.41 Å². The fourth-order valence-electron chi connectivity index (χ4n) is 9.05. The maximum absolute atomic E-state index is 5.36. The number of benzene rings is 8. The molecule has 3 heteroatoms. The van der Waals surface area contributed by atoms with E-state index >= 15 is 0 Å². The molecule has 262 valence electrons. The summed E-state index contributed by atoms with van der Waals surface area (Å²) < 4.78 is 2.51. The molecule has 0 radical (unpaired) electrons. The molecular formula is C53H34N2S. The fraction of sp³-hybridized carbons (Fsp3) is 0.0189. The lowest BCUT2D eigenvalue weighted by molar-refractivity contribution is 0.768. The van der Waals surface area contributed by atoms with Crippen molar-refractivity contribution < 1.29 is 0 Å². The van der Waals surface area contributed by atoms with Gasteiger partial charge < -0.3 is 0 Å².